The number of pyridine rings is 2. The smallest absolute Gasteiger partial charge is 0.113 e. The third-order valence-corrected chi connectivity index (χ3v) is 4.72. The number of para-hydroxylation sites is 1. The number of hydrogen-bond donors (Lipinski definition) is 0. The van der Waals surface area contributed by atoms with E-state index in [-0.39, 0.29) is 0 Å². The molecule has 3 aromatic heterocycles. The Hall–Kier alpha value is -2.68. The van der Waals surface area contributed by atoms with Gasteiger partial charge in [0.15, 0.2) is 0 Å². The van der Waals surface area contributed by atoms with Crippen molar-refractivity contribution in [3.8, 4) is 11.4 Å². The normalized spacial score (nSPS) is 14.6. The molecule has 3 heterocycles. The van der Waals surface area contributed by atoms with Crippen LogP contribution in [0.4, 0.5) is 0 Å². The second-order valence-corrected chi connectivity index (χ2v) is 6.34. The summed E-state index contributed by atoms with van der Waals surface area (Å²) >= 11 is 0. The van der Waals surface area contributed by atoms with E-state index in [2.05, 4.69) is 44.9 Å². The van der Waals surface area contributed by atoms with Crippen molar-refractivity contribution < 1.29 is 0 Å². The average molecular weight is 299 g/mol. The maximum absolute atomic E-state index is 4.68. The van der Waals surface area contributed by atoms with Crippen LogP contribution < -0.4 is 0 Å². The van der Waals surface area contributed by atoms with E-state index in [1.807, 2.05) is 30.6 Å². The lowest BCUT2D eigenvalue weighted by Crippen LogP contribution is -2.01. The molecule has 0 N–H and O–H groups in total. The van der Waals surface area contributed by atoms with Gasteiger partial charge in [-0.1, -0.05) is 24.3 Å². The predicted octanol–water partition coefficient (Wildman–Crippen LogP) is 4.66. The first-order valence-electron chi connectivity index (χ1n) is 8.19. The van der Waals surface area contributed by atoms with Crippen LogP contribution in [0.1, 0.15) is 12.8 Å². The van der Waals surface area contributed by atoms with E-state index in [9.17, 15) is 0 Å². The zero-order valence-electron chi connectivity index (χ0n) is 12.8. The summed E-state index contributed by atoms with van der Waals surface area (Å²) in [4.78, 5) is 9.21. The molecule has 0 bridgehead atoms. The minimum atomic E-state index is 0.811. The molecule has 1 aliphatic carbocycles. The summed E-state index contributed by atoms with van der Waals surface area (Å²) in [6.07, 6.45) is 6.42. The molecule has 4 aromatic rings. The largest absolute Gasteiger partial charge is 0.338 e. The first-order chi connectivity index (χ1) is 11.4. The van der Waals surface area contributed by atoms with Gasteiger partial charge in [-0.2, -0.15) is 0 Å². The molecule has 0 atom stereocenters. The molecule has 0 spiro atoms. The molecular weight excluding hydrogens is 282 g/mol. The summed E-state index contributed by atoms with van der Waals surface area (Å²) in [5.41, 5.74) is 4.46. The van der Waals surface area contributed by atoms with Crippen molar-refractivity contribution in [1.82, 2.24) is 14.5 Å². The summed E-state index contributed by atoms with van der Waals surface area (Å²) in [5, 5.41) is 2.58. The Labute approximate surface area is 134 Å². The molecule has 0 amide bonds. The highest BCUT2D eigenvalue weighted by molar-refractivity contribution is 6.11. The molecule has 23 heavy (non-hydrogen) atoms. The van der Waals surface area contributed by atoms with Crippen molar-refractivity contribution in [3.05, 3.63) is 60.9 Å². The number of nitrogens with zero attached hydrogens (tertiary/aromatic N) is 3. The zero-order valence-corrected chi connectivity index (χ0v) is 12.8. The topological polar surface area (TPSA) is 30.7 Å². The van der Waals surface area contributed by atoms with E-state index >= 15 is 0 Å². The first-order valence-corrected chi connectivity index (χ1v) is 8.19. The van der Waals surface area contributed by atoms with Crippen molar-refractivity contribution in [2.45, 2.75) is 19.4 Å². The van der Waals surface area contributed by atoms with Crippen LogP contribution >= 0.6 is 0 Å². The van der Waals surface area contributed by atoms with E-state index in [4.69, 9.17) is 0 Å². The molecule has 0 aliphatic heterocycles. The highest BCUT2D eigenvalue weighted by Gasteiger charge is 2.25. The van der Waals surface area contributed by atoms with Gasteiger partial charge in [0.25, 0.3) is 0 Å². The lowest BCUT2D eigenvalue weighted by atomic mass is 10.1. The molecule has 0 radical (unpaired) electrons. The van der Waals surface area contributed by atoms with Crippen molar-refractivity contribution in [2.24, 2.45) is 5.92 Å². The van der Waals surface area contributed by atoms with E-state index in [1.54, 1.807) is 0 Å². The maximum Gasteiger partial charge on any atom is 0.113 e. The van der Waals surface area contributed by atoms with Gasteiger partial charge in [-0.05, 0) is 43.0 Å². The first kappa shape index (κ1) is 12.8. The van der Waals surface area contributed by atoms with Gasteiger partial charge in [0, 0.05) is 35.2 Å². The molecule has 1 fully saturated rings. The minimum absolute atomic E-state index is 0.811. The van der Waals surface area contributed by atoms with Crippen LogP contribution in [0.15, 0.2) is 60.9 Å². The van der Waals surface area contributed by atoms with Gasteiger partial charge in [-0.25, -0.2) is 0 Å². The molecule has 1 aromatic carbocycles. The number of benzene rings is 1. The summed E-state index contributed by atoms with van der Waals surface area (Å²) < 4.78 is 2.46. The molecule has 1 saturated carbocycles. The lowest BCUT2D eigenvalue weighted by molar-refractivity contribution is 0.664. The lowest BCUT2D eigenvalue weighted by Gasteiger charge is -2.09. The maximum atomic E-state index is 4.68. The Morgan fingerprint density at radius 3 is 2.57 bits per heavy atom. The Morgan fingerprint density at radius 1 is 0.870 bits per heavy atom. The van der Waals surface area contributed by atoms with Crippen molar-refractivity contribution in [2.75, 3.05) is 0 Å². The Morgan fingerprint density at radius 2 is 1.74 bits per heavy atom. The Balaban J connectivity index is 1.89. The van der Waals surface area contributed by atoms with Crippen molar-refractivity contribution in [3.63, 3.8) is 0 Å². The average Bonchev–Trinajstić information content (AvgIpc) is 3.38. The van der Waals surface area contributed by atoms with E-state index in [0.717, 1.165) is 23.9 Å². The molecule has 3 nitrogen and oxygen atoms in total. The van der Waals surface area contributed by atoms with Crippen molar-refractivity contribution >= 4 is 21.8 Å². The van der Waals surface area contributed by atoms with Gasteiger partial charge in [-0.15, -0.1) is 0 Å². The van der Waals surface area contributed by atoms with Crippen LogP contribution in [0.2, 0.25) is 0 Å². The second-order valence-electron chi connectivity index (χ2n) is 6.34. The molecular formula is C20H17N3. The van der Waals surface area contributed by atoms with Gasteiger partial charge >= 0.3 is 0 Å². The summed E-state index contributed by atoms with van der Waals surface area (Å²) in [6.45, 7) is 1.08. The van der Waals surface area contributed by atoms with Crippen LogP contribution in [0, 0.1) is 5.92 Å². The molecule has 0 unspecified atom stereocenters. The molecule has 3 heteroatoms. The number of fused-ring (bicyclic) bond motifs is 3. The number of aromatic nitrogens is 3. The highest BCUT2D eigenvalue weighted by Crippen LogP contribution is 2.38. The molecule has 112 valence electrons. The van der Waals surface area contributed by atoms with Crippen LogP contribution in [-0.2, 0) is 6.54 Å². The third-order valence-electron chi connectivity index (χ3n) is 4.72. The van der Waals surface area contributed by atoms with E-state index < -0.39 is 0 Å². The number of hydrogen-bond acceptors (Lipinski definition) is 2. The fourth-order valence-electron chi connectivity index (χ4n) is 3.44. The summed E-state index contributed by atoms with van der Waals surface area (Å²) in [6, 6.07) is 16.8. The zero-order chi connectivity index (χ0) is 15.2. The molecule has 1 aliphatic rings. The fourth-order valence-corrected chi connectivity index (χ4v) is 3.44. The highest BCUT2D eigenvalue weighted by atomic mass is 15.0. The van der Waals surface area contributed by atoms with Crippen LogP contribution in [0.5, 0.6) is 0 Å². The predicted molar refractivity (Wildman–Crippen MR) is 93.2 cm³/mol. The van der Waals surface area contributed by atoms with Crippen LogP contribution in [-0.4, -0.2) is 14.5 Å². The van der Waals surface area contributed by atoms with Gasteiger partial charge in [-0.3, -0.25) is 9.97 Å². The number of rotatable bonds is 3. The van der Waals surface area contributed by atoms with Crippen LogP contribution in [0.3, 0.4) is 0 Å². The van der Waals surface area contributed by atoms with E-state index in [1.165, 1.54) is 34.6 Å². The van der Waals surface area contributed by atoms with Gasteiger partial charge in [0.1, 0.15) is 5.69 Å². The van der Waals surface area contributed by atoms with Gasteiger partial charge in [0.05, 0.1) is 11.2 Å². The fraction of sp³-hybridized carbons (Fsp3) is 0.200. The Kier molecular flexibility index (Phi) is 2.74. The standard InChI is InChI=1S/C20H17N3/c1-2-7-18-15(5-1)16-10-12-22-19(17-6-3-4-11-21-17)20(16)23(18)13-14-8-9-14/h1-7,10-12,14H,8-9,13H2. The van der Waals surface area contributed by atoms with Gasteiger partial charge < -0.3 is 4.57 Å². The SMILES string of the molecule is c1ccc(-c2nccc3c4ccccc4n(CC4CC4)c23)nc1. The minimum Gasteiger partial charge on any atom is -0.338 e. The van der Waals surface area contributed by atoms with Gasteiger partial charge in [0.2, 0.25) is 0 Å². The monoisotopic (exact) mass is 299 g/mol. The quantitative estimate of drug-likeness (QED) is 0.551. The Bertz CT molecular complexity index is 997. The van der Waals surface area contributed by atoms with E-state index in [0.29, 0.717) is 0 Å². The second kappa shape index (κ2) is 4.92. The summed E-state index contributed by atoms with van der Waals surface area (Å²) in [5.74, 6) is 0.811. The molecule has 5 rings (SSSR count). The summed E-state index contributed by atoms with van der Waals surface area (Å²) in [7, 11) is 0. The third kappa shape index (κ3) is 2.04. The van der Waals surface area contributed by atoms with Crippen LogP contribution in [0.25, 0.3) is 33.2 Å². The molecule has 0 saturated heterocycles. The van der Waals surface area contributed by atoms with Crippen molar-refractivity contribution in [1.29, 1.82) is 0 Å².